The van der Waals surface area contributed by atoms with Crippen molar-refractivity contribution in [2.24, 2.45) is 10.7 Å². The second kappa shape index (κ2) is 8.26. The Hall–Kier alpha value is -3.08. The number of carbonyl (C=O) groups is 1. The highest BCUT2D eigenvalue weighted by Gasteiger charge is 1.97. The van der Waals surface area contributed by atoms with Gasteiger partial charge in [0.15, 0.2) is 0 Å². The normalized spacial score (nSPS) is 14.8. The van der Waals surface area contributed by atoms with Crippen molar-refractivity contribution in [1.82, 2.24) is 4.57 Å². The highest BCUT2D eigenvalue weighted by Crippen LogP contribution is 2.03. The number of fused-ring (bicyclic) bond motifs is 1. The van der Waals surface area contributed by atoms with E-state index in [1.807, 2.05) is 47.2 Å². The van der Waals surface area contributed by atoms with Gasteiger partial charge in [-0.25, -0.2) is 4.79 Å². The number of primary amides is 1. The van der Waals surface area contributed by atoms with E-state index >= 15 is 0 Å². The fourth-order valence-electron chi connectivity index (χ4n) is 1.79. The first-order chi connectivity index (χ1) is 10.8. The van der Waals surface area contributed by atoms with E-state index in [9.17, 15) is 4.79 Å². The van der Waals surface area contributed by atoms with Crippen molar-refractivity contribution in [1.29, 1.82) is 0 Å². The number of hydrogen-bond acceptors (Lipinski definition) is 3. The Balaban J connectivity index is 2.25. The van der Waals surface area contributed by atoms with Gasteiger partial charge in [0.05, 0.1) is 11.9 Å². The molecule has 0 aliphatic carbocycles. The average molecular weight is 295 g/mol. The van der Waals surface area contributed by atoms with E-state index in [-0.39, 0.29) is 0 Å². The van der Waals surface area contributed by atoms with Gasteiger partial charge in [-0.05, 0) is 30.4 Å². The summed E-state index contributed by atoms with van der Waals surface area (Å²) in [5.41, 5.74) is 6.05. The van der Waals surface area contributed by atoms with Gasteiger partial charge in [0, 0.05) is 18.9 Å². The van der Waals surface area contributed by atoms with Crippen LogP contribution >= 0.6 is 0 Å². The van der Waals surface area contributed by atoms with Gasteiger partial charge in [-0.15, -0.1) is 0 Å². The molecule has 0 unspecified atom stereocenters. The van der Waals surface area contributed by atoms with Crippen molar-refractivity contribution in [3.63, 3.8) is 0 Å². The van der Waals surface area contributed by atoms with E-state index in [0.717, 1.165) is 5.69 Å². The quantitative estimate of drug-likeness (QED) is 0.865. The number of carbonyl (C=O) groups excluding carboxylic acids is 1. The van der Waals surface area contributed by atoms with E-state index in [4.69, 9.17) is 10.5 Å². The lowest BCUT2D eigenvalue weighted by Gasteiger charge is -2.01. The van der Waals surface area contributed by atoms with E-state index in [1.165, 1.54) is 0 Å². The van der Waals surface area contributed by atoms with Crippen LogP contribution in [0.2, 0.25) is 0 Å². The molecule has 112 valence electrons. The van der Waals surface area contributed by atoms with Crippen molar-refractivity contribution in [3.05, 3.63) is 84.6 Å². The lowest BCUT2D eigenvalue weighted by atomic mass is 10.3. The summed E-state index contributed by atoms with van der Waals surface area (Å²) in [6, 6.07) is 3.94. The minimum atomic E-state index is -0.841. The minimum absolute atomic E-state index is 0.372. The molecule has 5 nitrogen and oxygen atoms in total. The molecule has 1 aliphatic heterocycles. The largest absolute Gasteiger partial charge is 0.411 e. The Morgan fingerprint density at radius 3 is 2.95 bits per heavy atom. The van der Waals surface area contributed by atoms with Gasteiger partial charge in [0.25, 0.3) is 0 Å². The third kappa shape index (κ3) is 5.13. The zero-order valence-electron chi connectivity index (χ0n) is 12.0. The number of ether oxygens (including phenoxy) is 1. The number of rotatable bonds is 1. The summed E-state index contributed by atoms with van der Waals surface area (Å²) in [6.07, 6.45) is 18.9. The van der Waals surface area contributed by atoms with Gasteiger partial charge >= 0.3 is 6.09 Å². The molecule has 2 rings (SSSR count). The van der Waals surface area contributed by atoms with E-state index in [0.29, 0.717) is 12.3 Å². The number of amides is 1. The summed E-state index contributed by atoms with van der Waals surface area (Å²) in [6.45, 7) is 0.681. The molecular formula is C17H17N3O2. The second-order valence-electron chi connectivity index (χ2n) is 4.37. The highest BCUT2D eigenvalue weighted by atomic mass is 16.5. The summed E-state index contributed by atoms with van der Waals surface area (Å²) in [4.78, 5) is 15.1. The first-order valence-electron chi connectivity index (χ1n) is 6.78. The molecule has 0 fully saturated rings. The molecule has 0 aromatic carbocycles. The summed E-state index contributed by atoms with van der Waals surface area (Å²) in [5.74, 6) is 0.372. The van der Waals surface area contributed by atoms with Crippen molar-refractivity contribution in [3.8, 4) is 0 Å². The standard InChI is InChI=1S/C17H17N3O2/c18-17(21)22-16-9-3-1-2-5-11-19-14-15-8-7-13-20(15)12-6-4-10-16/h1-11,13-14H,12H2,(H2,18,21). The van der Waals surface area contributed by atoms with Crippen LogP contribution in [-0.4, -0.2) is 16.9 Å². The molecule has 5 heteroatoms. The highest BCUT2D eigenvalue weighted by molar-refractivity contribution is 5.78. The van der Waals surface area contributed by atoms with Crippen LogP contribution in [0.5, 0.6) is 0 Å². The monoisotopic (exact) mass is 295 g/mol. The van der Waals surface area contributed by atoms with Crippen LogP contribution in [0.4, 0.5) is 4.79 Å². The first kappa shape index (κ1) is 15.3. The van der Waals surface area contributed by atoms with Crippen LogP contribution in [0.25, 0.3) is 0 Å². The fourth-order valence-corrected chi connectivity index (χ4v) is 1.79. The third-order valence-corrected chi connectivity index (χ3v) is 2.75. The molecule has 2 heterocycles. The Morgan fingerprint density at radius 2 is 2.09 bits per heavy atom. The number of aliphatic imine (C=N–C) groups is 1. The predicted molar refractivity (Wildman–Crippen MR) is 87.3 cm³/mol. The van der Waals surface area contributed by atoms with Crippen LogP contribution in [-0.2, 0) is 11.3 Å². The van der Waals surface area contributed by atoms with Crippen molar-refractivity contribution < 1.29 is 9.53 Å². The Labute approximate surface area is 129 Å². The smallest absolute Gasteiger partial charge is 0.409 e. The van der Waals surface area contributed by atoms with Gasteiger partial charge in [0.1, 0.15) is 5.76 Å². The molecule has 0 spiro atoms. The summed E-state index contributed by atoms with van der Waals surface area (Å²) >= 11 is 0. The van der Waals surface area contributed by atoms with Crippen molar-refractivity contribution in [2.45, 2.75) is 6.54 Å². The molecule has 22 heavy (non-hydrogen) atoms. The molecule has 1 aromatic rings. The molecule has 0 radical (unpaired) electrons. The molecule has 2 N–H and O–H groups in total. The van der Waals surface area contributed by atoms with E-state index in [2.05, 4.69) is 4.99 Å². The number of aromatic nitrogens is 1. The maximum Gasteiger partial charge on any atom is 0.409 e. The summed E-state index contributed by atoms with van der Waals surface area (Å²) in [5, 5.41) is 0. The Morgan fingerprint density at radius 1 is 1.23 bits per heavy atom. The maximum atomic E-state index is 10.9. The SMILES string of the molecule is NC(=O)OC1=CC=CCn2cccc2C=NC=CC=CC=C1. The maximum absolute atomic E-state index is 10.9. The van der Waals surface area contributed by atoms with Gasteiger partial charge < -0.3 is 15.0 Å². The molecule has 0 atom stereocenters. The number of allylic oxidation sites excluding steroid dienone is 8. The molecule has 1 amide bonds. The average Bonchev–Trinajstić information content (AvgIpc) is 2.91. The second-order valence-corrected chi connectivity index (χ2v) is 4.37. The summed E-state index contributed by atoms with van der Waals surface area (Å²) < 4.78 is 6.95. The van der Waals surface area contributed by atoms with Crippen LogP contribution in [0.15, 0.2) is 83.9 Å². The van der Waals surface area contributed by atoms with Gasteiger partial charge in [-0.1, -0.05) is 30.4 Å². The van der Waals surface area contributed by atoms with Gasteiger partial charge in [-0.3, -0.25) is 4.99 Å². The molecule has 1 aliphatic rings. The van der Waals surface area contributed by atoms with E-state index in [1.54, 1.807) is 36.7 Å². The Kier molecular flexibility index (Phi) is 5.75. The Bertz CT molecular complexity index is 689. The first-order valence-corrected chi connectivity index (χ1v) is 6.78. The van der Waals surface area contributed by atoms with Crippen LogP contribution in [0, 0.1) is 0 Å². The topological polar surface area (TPSA) is 69.6 Å². The predicted octanol–water partition coefficient (Wildman–Crippen LogP) is 3.08. The third-order valence-electron chi connectivity index (χ3n) is 2.75. The van der Waals surface area contributed by atoms with Crippen molar-refractivity contribution in [2.75, 3.05) is 0 Å². The summed E-state index contributed by atoms with van der Waals surface area (Å²) in [7, 11) is 0. The van der Waals surface area contributed by atoms with Crippen LogP contribution in [0.3, 0.4) is 0 Å². The zero-order chi connectivity index (χ0) is 15.6. The number of hydrogen-bond donors (Lipinski definition) is 1. The molecule has 0 saturated carbocycles. The molecule has 0 bridgehead atoms. The van der Waals surface area contributed by atoms with Crippen LogP contribution in [0.1, 0.15) is 5.69 Å². The number of nitrogens with zero attached hydrogens (tertiary/aromatic N) is 2. The molecular weight excluding hydrogens is 278 g/mol. The molecule has 0 saturated heterocycles. The fraction of sp³-hybridized carbons (Fsp3) is 0.0588. The van der Waals surface area contributed by atoms with E-state index < -0.39 is 6.09 Å². The van der Waals surface area contributed by atoms with Gasteiger partial charge in [0.2, 0.25) is 0 Å². The lowest BCUT2D eigenvalue weighted by molar-refractivity contribution is 0.190. The van der Waals surface area contributed by atoms with Crippen LogP contribution < -0.4 is 5.73 Å². The number of nitrogens with two attached hydrogens (primary N) is 1. The lowest BCUT2D eigenvalue weighted by Crippen LogP contribution is -2.11. The molecule has 1 aromatic heterocycles. The minimum Gasteiger partial charge on any atom is -0.411 e. The zero-order valence-corrected chi connectivity index (χ0v) is 12.0. The van der Waals surface area contributed by atoms with Crippen molar-refractivity contribution >= 4 is 12.3 Å². The van der Waals surface area contributed by atoms with Gasteiger partial charge in [-0.2, -0.15) is 0 Å².